The number of rotatable bonds is 1. The summed E-state index contributed by atoms with van der Waals surface area (Å²) in [5, 5.41) is 32.9. The van der Waals surface area contributed by atoms with Gasteiger partial charge in [-0.25, -0.2) is 4.79 Å². The van der Waals surface area contributed by atoms with Crippen molar-refractivity contribution in [1.82, 2.24) is 0 Å². The summed E-state index contributed by atoms with van der Waals surface area (Å²) in [4.78, 5) is 25.9. The van der Waals surface area contributed by atoms with Crippen LogP contribution in [0.5, 0.6) is 17.2 Å². The van der Waals surface area contributed by atoms with Gasteiger partial charge in [-0.2, -0.15) is 0 Å². The molecule has 176 valence electrons. The fraction of sp³-hybridized carbons (Fsp3) is 0.417. The number of aliphatic hydroxyl groups excluding tert-OH is 1. The van der Waals surface area contributed by atoms with Crippen molar-refractivity contribution in [2.45, 2.75) is 37.4 Å². The van der Waals surface area contributed by atoms with Crippen LogP contribution in [-0.4, -0.2) is 47.4 Å². The summed E-state index contributed by atoms with van der Waals surface area (Å²) >= 11 is 0. The van der Waals surface area contributed by atoms with Crippen LogP contribution in [0.25, 0.3) is 21.7 Å². The maximum absolute atomic E-state index is 13.2. The van der Waals surface area contributed by atoms with Crippen LogP contribution in [0.3, 0.4) is 0 Å². The average Bonchev–Trinajstić information content (AvgIpc) is 3.27. The number of esters is 1. The van der Waals surface area contributed by atoms with Crippen molar-refractivity contribution in [3.05, 3.63) is 40.2 Å². The van der Waals surface area contributed by atoms with Crippen molar-refractivity contribution in [3.8, 4) is 17.2 Å². The molecule has 2 aromatic carbocycles. The van der Waals surface area contributed by atoms with Gasteiger partial charge in [-0.15, -0.1) is 0 Å². The number of ether oxygens (including phenoxy) is 4. The molecular formula is C24H20O10. The summed E-state index contributed by atoms with van der Waals surface area (Å²) in [5.74, 6) is -2.49. The Morgan fingerprint density at radius 1 is 1.06 bits per heavy atom. The number of carbonyl (C=O) groups is 1. The first kappa shape index (κ1) is 20.1. The summed E-state index contributed by atoms with van der Waals surface area (Å²) in [6.45, 7) is -0.0628. The topological polar surface area (TPSA) is 145 Å². The van der Waals surface area contributed by atoms with E-state index in [0.717, 1.165) is 0 Å². The number of methoxy groups -OCH3 is 1. The second-order valence-electron chi connectivity index (χ2n) is 9.53. The molecule has 7 rings (SSSR count). The summed E-state index contributed by atoms with van der Waals surface area (Å²) < 4.78 is 29.5. The van der Waals surface area contributed by atoms with Crippen LogP contribution in [0.4, 0.5) is 0 Å². The van der Waals surface area contributed by atoms with Crippen LogP contribution in [0, 0.1) is 10.8 Å². The minimum atomic E-state index is -1.72. The Morgan fingerprint density at radius 2 is 1.85 bits per heavy atom. The zero-order valence-corrected chi connectivity index (χ0v) is 18.0. The molecule has 1 aliphatic carbocycles. The number of carbonyl (C=O) groups excluding carboxylic acids is 1. The lowest BCUT2D eigenvalue weighted by Gasteiger charge is -2.54. The lowest BCUT2D eigenvalue weighted by atomic mass is 9.60. The Balaban J connectivity index is 1.58. The van der Waals surface area contributed by atoms with Gasteiger partial charge in [0.2, 0.25) is 5.79 Å². The number of phenols is 2. The van der Waals surface area contributed by atoms with E-state index >= 15 is 0 Å². The van der Waals surface area contributed by atoms with Crippen LogP contribution >= 0.6 is 0 Å². The standard InChI is InChI=1S/C24H20O10/c1-30-21-23-9-31-20(29)22(23,7-6-14(23)27)8-24(34-21)18-11(26)3-4-12-17(18)16-13(33-24)5-2-10(25)15(16)19(28)32-12/h2-5,14,21,25-27H,6-9H2,1H3/t14-,21-,22+,23-,24+/m1/s1. The Kier molecular flexibility index (Phi) is 3.55. The van der Waals surface area contributed by atoms with Crippen molar-refractivity contribution < 1.29 is 43.5 Å². The summed E-state index contributed by atoms with van der Waals surface area (Å²) in [5.41, 5.74) is -2.77. The second kappa shape index (κ2) is 6.01. The van der Waals surface area contributed by atoms with E-state index in [0.29, 0.717) is 18.2 Å². The predicted molar refractivity (Wildman–Crippen MR) is 113 cm³/mol. The van der Waals surface area contributed by atoms with Gasteiger partial charge in [0, 0.05) is 24.3 Å². The number of benzene rings is 2. The lowest BCUT2D eigenvalue weighted by molar-refractivity contribution is -0.371. The molecule has 10 heteroatoms. The van der Waals surface area contributed by atoms with Crippen molar-refractivity contribution in [2.24, 2.45) is 10.8 Å². The predicted octanol–water partition coefficient (Wildman–Crippen LogP) is 1.98. The van der Waals surface area contributed by atoms with E-state index in [4.69, 9.17) is 23.4 Å². The van der Waals surface area contributed by atoms with E-state index in [9.17, 15) is 24.9 Å². The Bertz CT molecular complexity index is 1490. The van der Waals surface area contributed by atoms with Crippen molar-refractivity contribution in [1.29, 1.82) is 0 Å². The van der Waals surface area contributed by atoms with Crippen molar-refractivity contribution >= 4 is 27.7 Å². The first-order valence-corrected chi connectivity index (χ1v) is 11.0. The van der Waals surface area contributed by atoms with Gasteiger partial charge in [0.1, 0.15) is 34.8 Å². The molecule has 1 spiro atoms. The number of hydrogen-bond donors (Lipinski definition) is 3. The Hall–Kier alpha value is -3.34. The highest BCUT2D eigenvalue weighted by Gasteiger charge is 2.79. The van der Waals surface area contributed by atoms with Crippen LogP contribution in [-0.2, 0) is 24.8 Å². The minimum Gasteiger partial charge on any atom is -0.507 e. The molecule has 0 bridgehead atoms. The highest BCUT2D eigenvalue weighted by atomic mass is 16.8. The molecule has 4 heterocycles. The Labute approximate surface area is 191 Å². The third kappa shape index (κ3) is 1.96. The van der Waals surface area contributed by atoms with E-state index in [1.807, 2.05) is 0 Å². The SMILES string of the molecule is CO[C@@H]1O[C@]2(C[C@]34CC[C@@H](O)[C@]13COC4=O)Oc1ccc(O)c3c(=O)oc4ccc(O)c2c4c13. The highest BCUT2D eigenvalue weighted by molar-refractivity contribution is 6.13. The number of hydrogen-bond acceptors (Lipinski definition) is 10. The van der Waals surface area contributed by atoms with E-state index < -0.39 is 40.6 Å². The first-order chi connectivity index (χ1) is 16.3. The molecule has 3 N–H and O–H groups in total. The fourth-order valence-corrected chi connectivity index (χ4v) is 6.78. The average molecular weight is 468 g/mol. The van der Waals surface area contributed by atoms with Crippen molar-refractivity contribution in [3.63, 3.8) is 0 Å². The molecule has 3 fully saturated rings. The Morgan fingerprint density at radius 3 is 2.65 bits per heavy atom. The third-order valence-electron chi connectivity index (χ3n) is 8.23. The van der Waals surface area contributed by atoms with E-state index in [2.05, 4.69) is 0 Å². The van der Waals surface area contributed by atoms with Gasteiger partial charge in [0.05, 0.1) is 22.5 Å². The molecule has 5 atom stereocenters. The molecule has 0 unspecified atom stereocenters. The van der Waals surface area contributed by atoms with Gasteiger partial charge in [0.15, 0.2) is 6.29 Å². The van der Waals surface area contributed by atoms with Gasteiger partial charge >= 0.3 is 11.6 Å². The number of aliphatic hydroxyl groups is 1. The molecule has 4 aliphatic rings. The number of cyclic esters (lactones) is 1. The lowest BCUT2D eigenvalue weighted by Crippen LogP contribution is -2.64. The van der Waals surface area contributed by atoms with Gasteiger partial charge < -0.3 is 38.7 Å². The smallest absolute Gasteiger partial charge is 0.348 e. The van der Waals surface area contributed by atoms with Gasteiger partial charge in [-0.05, 0) is 37.1 Å². The largest absolute Gasteiger partial charge is 0.507 e. The van der Waals surface area contributed by atoms with E-state index in [1.165, 1.54) is 31.4 Å². The quantitative estimate of drug-likeness (QED) is 0.275. The molecule has 10 nitrogen and oxygen atoms in total. The van der Waals surface area contributed by atoms with Crippen LogP contribution in [0.15, 0.2) is 33.5 Å². The molecule has 1 saturated carbocycles. The van der Waals surface area contributed by atoms with E-state index in [1.54, 1.807) is 0 Å². The normalized spacial score (nSPS) is 35.5. The van der Waals surface area contributed by atoms with Crippen LogP contribution < -0.4 is 10.4 Å². The monoisotopic (exact) mass is 468 g/mol. The van der Waals surface area contributed by atoms with Gasteiger partial charge in [-0.3, -0.25) is 4.79 Å². The molecule has 0 radical (unpaired) electrons. The van der Waals surface area contributed by atoms with Gasteiger partial charge in [0.25, 0.3) is 0 Å². The fourth-order valence-electron chi connectivity index (χ4n) is 6.78. The van der Waals surface area contributed by atoms with Gasteiger partial charge in [-0.1, -0.05) is 0 Å². The third-order valence-corrected chi connectivity index (χ3v) is 8.23. The second-order valence-corrected chi connectivity index (χ2v) is 9.53. The van der Waals surface area contributed by atoms with Crippen LogP contribution in [0.1, 0.15) is 24.8 Å². The molecule has 2 saturated heterocycles. The molecule has 1 aromatic heterocycles. The van der Waals surface area contributed by atoms with Crippen LogP contribution in [0.2, 0.25) is 0 Å². The highest BCUT2D eigenvalue weighted by Crippen LogP contribution is 2.69. The molecular weight excluding hydrogens is 448 g/mol. The molecule has 3 aromatic rings. The first-order valence-electron chi connectivity index (χ1n) is 11.0. The minimum absolute atomic E-state index is 0.0628. The number of aromatic hydroxyl groups is 2. The maximum Gasteiger partial charge on any atom is 0.348 e. The zero-order chi connectivity index (χ0) is 23.6. The summed E-state index contributed by atoms with van der Waals surface area (Å²) in [6, 6.07) is 5.60. The molecule has 3 aliphatic heterocycles. The van der Waals surface area contributed by atoms with Crippen molar-refractivity contribution in [2.75, 3.05) is 13.7 Å². The molecule has 34 heavy (non-hydrogen) atoms. The summed E-state index contributed by atoms with van der Waals surface area (Å²) in [7, 11) is 1.41. The number of fused-ring (bicyclic) bond motifs is 1. The molecule has 0 amide bonds. The summed E-state index contributed by atoms with van der Waals surface area (Å²) in [6.07, 6.45) is -1.41. The van der Waals surface area contributed by atoms with E-state index in [-0.39, 0.29) is 52.2 Å². The maximum atomic E-state index is 13.2. The zero-order valence-electron chi connectivity index (χ0n) is 18.0. The number of phenolic OH excluding ortho intramolecular Hbond substituents is 2.